The van der Waals surface area contributed by atoms with E-state index in [1.807, 2.05) is 0 Å². The van der Waals surface area contributed by atoms with Crippen molar-refractivity contribution in [3.63, 3.8) is 0 Å². The van der Waals surface area contributed by atoms with Crippen molar-refractivity contribution in [2.24, 2.45) is 5.73 Å². The number of piperidine rings is 1. The fourth-order valence-corrected chi connectivity index (χ4v) is 4.84. The SMILES string of the molecule is CC(C)(C)c1nc(N[C@H]2CCCNC2)c2nc(-c3ccc(CN4CCOCC4)cc3)cc(C(N)=O)c2n1. The van der Waals surface area contributed by atoms with E-state index in [0.717, 1.165) is 64.3 Å². The lowest BCUT2D eigenvalue weighted by molar-refractivity contribution is 0.0342. The first-order valence-electron chi connectivity index (χ1n) is 13.2. The first-order valence-corrected chi connectivity index (χ1v) is 13.2. The highest BCUT2D eigenvalue weighted by Gasteiger charge is 2.25. The molecule has 9 nitrogen and oxygen atoms in total. The molecule has 2 aliphatic heterocycles. The van der Waals surface area contributed by atoms with Gasteiger partial charge in [-0.15, -0.1) is 0 Å². The van der Waals surface area contributed by atoms with Crippen LogP contribution >= 0.6 is 0 Å². The van der Waals surface area contributed by atoms with Gasteiger partial charge in [-0.25, -0.2) is 15.0 Å². The zero-order valence-electron chi connectivity index (χ0n) is 22.0. The molecule has 5 rings (SSSR count). The number of pyridine rings is 1. The van der Waals surface area contributed by atoms with Gasteiger partial charge in [0.2, 0.25) is 0 Å². The van der Waals surface area contributed by atoms with Gasteiger partial charge >= 0.3 is 0 Å². The largest absolute Gasteiger partial charge is 0.379 e. The van der Waals surface area contributed by atoms with E-state index < -0.39 is 5.91 Å². The van der Waals surface area contributed by atoms with Crippen LogP contribution in [0, 0.1) is 0 Å². The van der Waals surface area contributed by atoms with E-state index in [4.69, 9.17) is 25.4 Å². The maximum absolute atomic E-state index is 12.6. The number of benzene rings is 1. The number of amides is 1. The molecule has 2 aliphatic rings. The Morgan fingerprint density at radius 3 is 2.54 bits per heavy atom. The maximum Gasteiger partial charge on any atom is 0.251 e. The number of hydrogen-bond acceptors (Lipinski definition) is 8. The molecule has 0 saturated carbocycles. The van der Waals surface area contributed by atoms with Crippen molar-refractivity contribution in [1.29, 1.82) is 0 Å². The number of ether oxygens (including phenoxy) is 1. The molecule has 9 heteroatoms. The minimum Gasteiger partial charge on any atom is -0.379 e. The number of nitrogens with two attached hydrogens (primary N) is 1. The number of primary amides is 1. The van der Waals surface area contributed by atoms with E-state index in [9.17, 15) is 4.79 Å². The number of carbonyl (C=O) groups excluding carboxylic acids is 1. The van der Waals surface area contributed by atoms with Gasteiger partial charge in [0, 0.05) is 43.2 Å². The highest BCUT2D eigenvalue weighted by atomic mass is 16.5. The molecule has 0 unspecified atom stereocenters. The number of rotatable bonds is 6. The van der Waals surface area contributed by atoms with Gasteiger partial charge in [0.1, 0.15) is 16.9 Å². The number of fused-ring (bicyclic) bond motifs is 1. The van der Waals surface area contributed by atoms with Crippen LogP contribution in [0.15, 0.2) is 30.3 Å². The molecule has 0 spiro atoms. The van der Waals surface area contributed by atoms with Gasteiger partial charge in [0.15, 0.2) is 5.82 Å². The van der Waals surface area contributed by atoms with Gasteiger partial charge in [0.25, 0.3) is 5.91 Å². The molecular weight excluding hydrogens is 466 g/mol. The van der Waals surface area contributed by atoms with Crippen LogP contribution < -0.4 is 16.4 Å². The molecule has 37 heavy (non-hydrogen) atoms. The van der Waals surface area contributed by atoms with Gasteiger partial charge in [-0.3, -0.25) is 9.69 Å². The van der Waals surface area contributed by atoms with Crippen molar-refractivity contribution >= 4 is 22.8 Å². The molecule has 2 fully saturated rings. The topological polar surface area (TPSA) is 118 Å². The summed E-state index contributed by atoms with van der Waals surface area (Å²) in [5.41, 5.74) is 9.81. The second kappa shape index (κ2) is 10.7. The third-order valence-electron chi connectivity index (χ3n) is 6.99. The van der Waals surface area contributed by atoms with E-state index in [0.29, 0.717) is 33.9 Å². The summed E-state index contributed by atoms with van der Waals surface area (Å²) in [5, 5.41) is 7.03. The number of hydrogen-bond donors (Lipinski definition) is 3. The molecule has 3 aromatic rings. The van der Waals surface area contributed by atoms with Crippen molar-refractivity contribution < 1.29 is 9.53 Å². The molecule has 4 N–H and O–H groups in total. The van der Waals surface area contributed by atoms with Gasteiger partial charge in [-0.2, -0.15) is 0 Å². The van der Waals surface area contributed by atoms with E-state index >= 15 is 0 Å². The standard InChI is InChI=1S/C28H37N7O2/c1-28(2,3)27-33-23-21(25(29)36)15-22(32-24(23)26(34-27)31-20-5-4-10-30-16-20)19-8-6-18(7-9-19)17-35-11-13-37-14-12-35/h6-9,15,20,30H,4-5,10-14,16-17H2,1-3H3,(H2,29,36)(H,31,33,34)/t20-/m0/s1. The molecule has 0 radical (unpaired) electrons. The summed E-state index contributed by atoms with van der Waals surface area (Å²) in [4.78, 5) is 29.7. The second-order valence-electron chi connectivity index (χ2n) is 11.0. The molecule has 196 valence electrons. The minimum absolute atomic E-state index is 0.224. The van der Waals surface area contributed by atoms with Crippen molar-refractivity contribution in [2.45, 2.75) is 51.6 Å². The van der Waals surface area contributed by atoms with Crippen LogP contribution in [0.4, 0.5) is 5.82 Å². The molecule has 2 saturated heterocycles. The Morgan fingerprint density at radius 2 is 1.89 bits per heavy atom. The second-order valence-corrected chi connectivity index (χ2v) is 11.0. The lowest BCUT2D eigenvalue weighted by Crippen LogP contribution is -2.39. The van der Waals surface area contributed by atoms with Crippen LogP contribution in [0.2, 0.25) is 0 Å². The van der Waals surface area contributed by atoms with Crippen molar-refractivity contribution in [2.75, 3.05) is 44.7 Å². The fourth-order valence-electron chi connectivity index (χ4n) is 4.84. The van der Waals surface area contributed by atoms with Crippen molar-refractivity contribution in [3.8, 4) is 11.3 Å². The van der Waals surface area contributed by atoms with E-state index in [2.05, 4.69) is 60.6 Å². The number of aromatic nitrogens is 3. The summed E-state index contributed by atoms with van der Waals surface area (Å²) in [7, 11) is 0. The van der Waals surface area contributed by atoms with E-state index in [1.54, 1.807) is 6.07 Å². The molecule has 0 aliphatic carbocycles. The Morgan fingerprint density at radius 1 is 1.14 bits per heavy atom. The quantitative estimate of drug-likeness (QED) is 0.470. The molecule has 2 aromatic heterocycles. The first-order chi connectivity index (χ1) is 17.8. The Kier molecular flexibility index (Phi) is 7.37. The van der Waals surface area contributed by atoms with Gasteiger partial charge < -0.3 is 21.1 Å². The summed E-state index contributed by atoms with van der Waals surface area (Å²) in [5.74, 6) is 0.772. The van der Waals surface area contributed by atoms with E-state index in [-0.39, 0.29) is 11.5 Å². The Hall–Kier alpha value is -3.14. The predicted molar refractivity (Wildman–Crippen MR) is 146 cm³/mol. The van der Waals surface area contributed by atoms with E-state index in [1.165, 1.54) is 5.56 Å². The Balaban J connectivity index is 1.55. The molecule has 4 heterocycles. The predicted octanol–water partition coefficient (Wildman–Crippen LogP) is 3.08. The molecule has 1 atom stereocenters. The lowest BCUT2D eigenvalue weighted by atomic mass is 9.95. The Labute approximate surface area is 218 Å². The van der Waals surface area contributed by atoms with Crippen molar-refractivity contribution in [1.82, 2.24) is 25.2 Å². The third-order valence-corrected chi connectivity index (χ3v) is 6.99. The third kappa shape index (κ3) is 5.89. The average Bonchev–Trinajstić information content (AvgIpc) is 2.89. The zero-order chi connectivity index (χ0) is 26.0. The number of anilines is 1. The molecule has 1 aromatic carbocycles. The minimum atomic E-state index is -0.526. The zero-order valence-corrected chi connectivity index (χ0v) is 22.0. The monoisotopic (exact) mass is 503 g/mol. The Bertz CT molecular complexity index is 1260. The summed E-state index contributed by atoms with van der Waals surface area (Å²) in [6.07, 6.45) is 2.13. The lowest BCUT2D eigenvalue weighted by Gasteiger charge is -2.26. The highest BCUT2D eigenvalue weighted by Crippen LogP contribution is 2.31. The number of nitrogens with one attached hydrogen (secondary N) is 2. The number of morpholine rings is 1. The normalized spacial score (nSPS) is 19.2. The smallest absolute Gasteiger partial charge is 0.251 e. The molecular formula is C28H37N7O2. The summed E-state index contributed by atoms with van der Waals surface area (Å²) < 4.78 is 5.46. The van der Waals surface area contributed by atoms with Gasteiger partial charge in [-0.1, -0.05) is 45.0 Å². The fraction of sp³-hybridized carbons (Fsp3) is 0.500. The van der Waals surface area contributed by atoms with Gasteiger partial charge in [0.05, 0.1) is 24.5 Å². The molecule has 0 bridgehead atoms. The van der Waals surface area contributed by atoms with Gasteiger partial charge in [-0.05, 0) is 31.0 Å². The highest BCUT2D eigenvalue weighted by molar-refractivity contribution is 6.07. The summed E-state index contributed by atoms with van der Waals surface area (Å²) in [6.45, 7) is 12.4. The van der Waals surface area contributed by atoms with Crippen LogP contribution in [0.1, 0.15) is 55.4 Å². The first kappa shape index (κ1) is 25.5. The average molecular weight is 504 g/mol. The number of nitrogens with zero attached hydrogens (tertiary/aromatic N) is 4. The van der Waals surface area contributed by atoms with Crippen molar-refractivity contribution in [3.05, 3.63) is 47.3 Å². The number of carbonyl (C=O) groups is 1. The maximum atomic E-state index is 12.6. The summed E-state index contributed by atoms with van der Waals surface area (Å²) >= 11 is 0. The van der Waals surface area contributed by atoms with Crippen LogP contribution in [0.5, 0.6) is 0 Å². The van der Waals surface area contributed by atoms with Crippen LogP contribution in [-0.4, -0.2) is 71.2 Å². The summed E-state index contributed by atoms with van der Waals surface area (Å²) in [6, 6.07) is 10.3. The van der Waals surface area contributed by atoms with Crippen LogP contribution in [0.25, 0.3) is 22.3 Å². The van der Waals surface area contributed by atoms with Crippen LogP contribution in [0.3, 0.4) is 0 Å². The molecule has 1 amide bonds. The van der Waals surface area contributed by atoms with Crippen LogP contribution in [-0.2, 0) is 16.7 Å².